The third-order valence-electron chi connectivity index (χ3n) is 3.97. The lowest BCUT2D eigenvalue weighted by molar-refractivity contribution is 0.0949. The van der Waals surface area contributed by atoms with Crippen molar-refractivity contribution in [2.45, 2.75) is 26.7 Å². The zero-order chi connectivity index (χ0) is 16.7. The predicted octanol–water partition coefficient (Wildman–Crippen LogP) is 2.64. The van der Waals surface area contributed by atoms with Crippen LogP contribution < -0.4 is 10.9 Å². The van der Waals surface area contributed by atoms with Crippen LogP contribution in [0.3, 0.4) is 0 Å². The van der Waals surface area contributed by atoms with Gasteiger partial charge in [0.15, 0.2) is 0 Å². The summed E-state index contributed by atoms with van der Waals surface area (Å²) in [6.45, 7) is 7.96. The molecule has 0 aliphatic carbocycles. The summed E-state index contributed by atoms with van der Waals surface area (Å²) in [4.78, 5) is 26.4. The van der Waals surface area contributed by atoms with E-state index in [0.717, 1.165) is 37.9 Å². The van der Waals surface area contributed by atoms with Crippen LogP contribution in [0.25, 0.3) is 11.0 Å². The second-order valence-electron chi connectivity index (χ2n) is 5.48. The number of carbonyl (C=O) groups excluding carboxylic acids is 1. The summed E-state index contributed by atoms with van der Waals surface area (Å²) < 4.78 is 5.18. The van der Waals surface area contributed by atoms with Crippen molar-refractivity contribution >= 4 is 16.9 Å². The summed E-state index contributed by atoms with van der Waals surface area (Å²) in [5, 5.41) is 3.55. The van der Waals surface area contributed by atoms with Crippen molar-refractivity contribution in [3.05, 3.63) is 46.3 Å². The van der Waals surface area contributed by atoms with Gasteiger partial charge >= 0.3 is 5.63 Å². The fourth-order valence-electron chi connectivity index (χ4n) is 2.52. The Morgan fingerprint density at radius 2 is 1.91 bits per heavy atom. The average Bonchev–Trinajstić information content (AvgIpc) is 2.57. The third kappa shape index (κ3) is 4.66. The van der Waals surface area contributed by atoms with E-state index in [1.807, 2.05) is 12.1 Å². The van der Waals surface area contributed by atoms with E-state index in [1.54, 1.807) is 18.2 Å². The smallest absolute Gasteiger partial charge is 0.349 e. The first-order valence-corrected chi connectivity index (χ1v) is 8.19. The van der Waals surface area contributed by atoms with Crippen molar-refractivity contribution in [2.24, 2.45) is 0 Å². The molecule has 2 rings (SSSR count). The van der Waals surface area contributed by atoms with Crippen molar-refractivity contribution in [2.75, 3.05) is 26.2 Å². The van der Waals surface area contributed by atoms with Crippen molar-refractivity contribution in [3.8, 4) is 0 Å². The van der Waals surface area contributed by atoms with Crippen molar-refractivity contribution in [1.82, 2.24) is 10.2 Å². The number of benzene rings is 1. The van der Waals surface area contributed by atoms with Crippen molar-refractivity contribution < 1.29 is 9.21 Å². The number of rotatable bonds is 8. The largest absolute Gasteiger partial charge is 0.422 e. The quantitative estimate of drug-likeness (QED) is 0.601. The molecule has 0 unspecified atom stereocenters. The van der Waals surface area contributed by atoms with Gasteiger partial charge in [-0.25, -0.2) is 4.79 Å². The molecule has 124 valence electrons. The molecular formula is C18H24N2O3. The van der Waals surface area contributed by atoms with Gasteiger partial charge in [0.2, 0.25) is 0 Å². The summed E-state index contributed by atoms with van der Waals surface area (Å²) in [5.41, 5.74) is -0.0370. The molecule has 0 saturated carbocycles. The molecule has 1 N–H and O–H groups in total. The highest BCUT2D eigenvalue weighted by Gasteiger charge is 2.12. The Kier molecular flexibility index (Phi) is 6.35. The summed E-state index contributed by atoms with van der Waals surface area (Å²) in [6.07, 6.45) is 1.91. The highest BCUT2D eigenvalue weighted by molar-refractivity contribution is 5.96. The van der Waals surface area contributed by atoms with Crippen molar-refractivity contribution in [3.63, 3.8) is 0 Å². The van der Waals surface area contributed by atoms with Crippen LogP contribution in [-0.4, -0.2) is 37.0 Å². The van der Waals surface area contributed by atoms with E-state index in [-0.39, 0.29) is 11.5 Å². The van der Waals surface area contributed by atoms with Crippen LogP contribution in [-0.2, 0) is 0 Å². The summed E-state index contributed by atoms with van der Waals surface area (Å²) in [7, 11) is 0. The van der Waals surface area contributed by atoms with Crippen LogP contribution in [0.5, 0.6) is 0 Å². The Hall–Kier alpha value is -2.14. The number of hydrogen-bond acceptors (Lipinski definition) is 4. The molecule has 1 amide bonds. The summed E-state index contributed by atoms with van der Waals surface area (Å²) >= 11 is 0. The van der Waals surface area contributed by atoms with Gasteiger partial charge in [-0.05, 0) is 44.6 Å². The Balaban J connectivity index is 1.89. The Morgan fingerprint density at radius 1 is 1.17 bits per heavy atom. The van der Waals surface area contributed by atoms with Gasteiger partial charge in [0.25, 0.3) is 5.91 Å². The third-order valence-corrected chi connectivity index (χ3v) is 3.97. The molecule has 0 aliphatic rings. The van der Waals surface area contributed by atoms with Crippen LogP contribution in [0.15, 0.2) is 39.5 Å². The molecule has 0 saturated heterocycles. The van der Waals surface area contributed by atoms with E-state index in [1.165, 1.54) is 0 Å². The fraction of sp³-hybridized carbons (Fsp3) is 0.444. The lowest BCUT2D eigenvalue weighted by Crippen LogP contribution is -2.30. The monoisotopic (exact) mass is 316 g/mol. The van der Waals surface area contributed by atoms with E-state index in [4.69, 9.17) is 4.42 Å². The van der Waals surface area contributed by atoms with Gasteiger partial charge in [-0.2, -0.15) is 0 Å². The first-order chi connectivity index (χ1) is 11.2. The SMILES string of the molecule is CCN(CC)CCCCNC(=O)c1cc2ccccc2oc1=O. The zero-order valence-electron chi connectivity index (χ0n) is 13.8. The average molecular weight is 316 g/mol. The van der Waals surface area contributed by atoms with Gasteiger partial charge < -0.3 is 14.6 Å². The first-order valence-electron chi connectivity index (χ1n) is 8.19. The van der Waals surface area contributed by atoms with Gasteiger partial charge in [-0.1, -0.05) is 32.0 Å². The number of para-hydroxylation sites is 1. The van der Waals surface area contributed by atoms with E-state index in [9.17, 15) is 9.59 Å². The van der Waals surface area contributed by atoms with Gasteiger partial charge in [0, 0.05) is 11.9 Å². The maximum Gasteiger partial charge on any atom is 0.349 e. The number of hydrogen-bond donors (Lipinski definition) is 1. The molecule has 1 aromatic heterocycles. The highest BCUT2D eigenvalue weighted by atomic mass is 16.4. The lowest BCUT2D eigenvalue weighted by Gasteiger charge is -2.17. The molecule has 5 nitrogen and oxygen atoms in total. The molecule has 5 heteroatoms. The second kappa shape index (κ2) is 8.48. The van der Waals surface area contributed by atoms with Crippen LogP contribution in [0.1, 0.15) is 37.0 Å². The summed E-state index contributed by atoms with van der Waals surface area (Å²) in [6, 6.07) is 8.76. The van der Waals surface area contributed by atoms with Gasteiger partial charge in [-0.15, -0.1) is 0 Å². The minimum Gasteiger partial charge on any atom is -0.422 e. The molecule has 0 atom stereocenters. The first kappa shape index (κ1) is 17.2. The normalized spacial score (nSPS) is 11.1. The maximum absolute atomic E-state index is 12.1. The minimum absolute atomic E-state index is 0.0624. The molecule has 2 aromatic rings. The van der Waals surface area contributed by atoms with Crippen molar-refractivity contribution in [1.29, 1.82) is 0 Å². The molecule has 23 heavy (non-hydrogen) atoms. The second-order valence-corrected chi connectivity index (χ2v) is 5.48. The molecule has 0 spiro atoms. The van der Waals surface area contributed by atoms with Crippen LogP contribution >= 0.6 is 0 Å². The number of carbonyl (C=O) groups is 1. The standard InChI is InChI=1S/C18H24N2O3/c1-3-20(4-2)12-8-7-11-19-17(21)15-13-14-9-5-6-10-16(14)23-18(15)22/h5-6,9-10,13H,3-4,7-8,11-12H2,1-2H3,(H,19,21). The molecule has 1 aromatic carbocycles. The van der Waals surface area contributed by atoms with E-state index >= 15 is 0 Å². The van der Waals surface area contributed by atoms with Crippen LogP contribution in [0, 0.1) is 0 Å². The fourth-order valence-corrected chi connectivity index (χ4v) is 2.52. The molecule has 0 bridgehead atoms. The number of nitrogens with one attached hydrogen (secondary N) is 1. The van der Waals surface area contributed by atoms with E-state index in [0.29, 0.717) is 12.1 Å². The molecule has 0 aliphatic heterocycles. The molecule has 0 fully saturated rings. The number of amides is 1. The molecule has 0 radical (unpaired) electrons. The molecular weight excluding hydrogens is 292 g/mol. The Morgan fingerprint density at radius 3 is 2.65 bits per heavy atom. The number of nitrogens with zero attached hydrogens (tertiary/aromatic N) is 1. The molecule has 1 heterocycles. The van der Waals surface area contributed by atoms with Crippen LogP contribution in [0.4, 0.5) is 0 Å². The Bertz CT molecular complexity index is 705. The Labute approximate surface area is 136 Å². The van der Waals surface area contributed by atoms with E-state index < -0.39 is 5.63 Å². The van der Waals surface area contributed by atoms with Gasteiger partial charge in [0.1, 0.15) is 11.1 Å². The topological polar surface area (TPSA) is 62.6 Å². The number of unbranched alkanes of at least 4 members (excludes halogenated alkanes) is 1. The van der Waals surface area contributed by atoms with Crippen LogP contribution in [0.2, 0.25) is 0 Å². The maximum atomic E-state index is 12.1. The minimum atomic E-state index is -0.593. The lowest BCUT2D eigenvalue weighted by atomic mass is 10.2. The highest BCUT2D eigenvalue weighted by Crippen LogP contribution is 2.12. The summed E-state index contributed by atoms with van der Waals surface area (Å²) in [5.74, 6) is -0.368. The van der Waals surface area contributed by atoms with Gasteiger partial charge in [-0.3, -0.25) is 4.79 Å². The van der Waals surface area contributed by atoms with E-state index in [2.05, 4.69) is 24.1 Å². The number of fused-ring (bicyclic) bond motifs is 1. The van der Waals surface area contributed by atoms with Gasteiger partial charge in [0.05, 0.1) is 0 Å². The predicted molar refractivity (Wildman–Crippen MR) is 91.8 cm³/mol. The zero-order valence-corrected chi connectivity index (χ0v) is 13.8.